The van der Waals surface area contributed by atoms with Crippen LogP contribution >= 0.6 is 0 Å². The van der Waals surface area contributed by atoms with E-state index in [9.17, 15) is 4.79 Å². The molecule has 1 saturated heterocycles. The van der Waals surface area contributed by atoms with Crippen molar-refractivity contribution in [3.8, 4) is 0 Å². The molecule has 3 aromatic carbocycles. The molecule has 5 nitrogen and oxygen atoms in total. The lowest BCUT2D eigenvalue weighted by atomic mass is 9.86. The minimum absolute atomic E-state index is 0.0374. The molecule has 0 aliphatic carbocycles. The summed E-state index contributed by atoms with van der Waals surface area (Å²) in [5.74, 6) is -0.363. The van der Waals surface area contributed by atoms with Crippen molar-refractivity contribution < 1.29 is 4.79 Å². The molecular formula is C29H36N4O. The van der Waals surface area contributed by atoms with E-state index in [2.05, 4.69) is 103 Å². The first-order valence-electron chi connectivity index (χ1n) is 12.0. The second-order valence-electron chi connectivity index (χ2n) is 10.2. The third-order valence-corrected chi connectivity index (χ3v) is 6.64. The van der Waals surface area contributed by atoms with Gasteiger partial charge in [-0.2, -0.15) is 0 Å². The van der Waals surface area contributed by atoms with E-state index >= 15 is 0 Å². The summed E-state index contributed by atoms with van der Waals surface area (Å²) in [4.78, 5) is 15.4. The van der Waals surface area contributed by atoms with Gasteiger partial charge in [0.2, 0.25) is 5.91 Å². The number of hydrazine groups is 1. The molecule has 4 rings (SSSR count). The maximum absolute atomic E-state index is 13.1. The van der Waals surface area contributed by atoms with Gasteiger partial charge >= 0.3 is 0 Å². The van der Waals surface area contributed by atoms with Crippen molar-refractivity contribution in [2.24, 2.45) is 5.73 Å². The Morgan fingerprint density at radius 1 is 0.912 bits per heavy atom. The van der Waals surface area contributed by atoms with Crippen LogP contribution in [-0.2, 0) is 10.2 Å². The van der Waals surface area contributed by atoms with E-state index in [-0.39, 0.29) is 17.4 Å². The quantitative estimate of drug-likeness (QED) is 0.572. The fourth-order valence-electron chi connectivity index (χ4n) is 4.74. The number of likely N-dealkylation sites (N-methyl/N-ethyl adjacent to an activating group) is 1. The van der Waals surface area contributed by atoms with Crippen molar-refractivity contribution in [1.82, 2.24) is 9.91 Å². The molecule has 2 unspecified atom stereocenters. The number of carbonyl (C=O) groups is 1. The third kappa shape index (κ3) is 5.16. The van der Waals surface area contributed by atoms with Gasteiger partial charge in [0.05, 0.1) is 11.7 Å². The van der Waals surface area contributed by atoms with Crippen LogP contribution in [0.1, 0.15) is 49.5 Å². The minimum Gasteiger partial charge on any atom is -0.368 e. The van der Waals surface area contributed by atoms with E-state index in [0.717, 1.165) is 30.9 Å². The number of para-hydroxylation sites is 1. The van der Waals surface area contributed by atoms with Gasteiger partial charge in [0, 0.05) is 19.6 Å². The fourth-order valence-corrected chi connectivity index (χ4v) is 4.74. The SMILES string of the molecule is CN1CCN(N(c2ccccc2)C(C(N)=O)c2ccc(C(C)(C)C)cc2)C(c2ccccc2)C1. The molecule has 0 saturated carbocycles. The van der Waals surface area contributed by atoms with Crippen molar-refractivity contribution in [2.45, 2.75) is 38.3 Å². The van der Waals surface area contributed by atoms with E-state index in [1.807, 2.05) is 24.3 Å². The average molecular weight is 457 g/mol. The number of rotatable bonds is 6. The molecule has 1 heterocycles. The zero-order valence-corrected chi connectivity index (χ0v) is 20.7. The Morgan fingerprint density at radius 2 is 1.50 bits per heavy atom. The van der Waals surface area contributed by atoms with E-state index in [1.165, 1.54) is 11.1 Å². The van der Waals surface area contributed by atoms with E-state index < -0.39 is 6.04 Å². The van der Waals surface area contributed by atoms with Crippen LogP contribution in [0.2, 0.25) is 0 Å². The Hall–Kier alpha value is -3.15. The first-order valence-corrected chi connectivity index (χ1v) is 12.0. The molecule has 1 aliphatic rings. The predicted octanol–water partition coefficient (Wildman–Crippen LogP) is 4.92. The summed E-state index contributed by atoms with van der Waals surface area (Å²) >= 11 is 0. The first-order chi connectivity index (χ1) is 16.3. The number of carbonyl (C=O) groups excluding carboxylic acids is 1. The summed E-state index contributed by atoms with van der Waals surface area (Å²) in [5, 5.41) is 4.46. The molecular weight excluding hydrogens is 420 g/mol. The van der Waals surface area contributed by atoms with Gasteiger partial charge in [-0.25, -0.2) is 5.01 Å². The number of benzene rings is 3. The number of amides is 1. The molecule has 0 bridgehead atoms. The molecule has 1 fully saturated rings. The van der Waals surface area contributed by atoms with Crippen molar-refractivity contribution in [2.75, 3.05) is 31.7 Å². The van der Waals surface area contributed by atoms with Crippen molar-refractivity contribution in [3.05, 3.63) is 102 Å². The second kappa shape index (κ2) is 10.00. The van der Waals surface area contributed by atoms with E-state index in [0.29, 0.717) is 0 Å². The number of hydrogen-bond donors (Lipinski definition) is 1. The fraction of sp³-hybridized carbons (Fsp3) is 0.345. The number of primary amides is 1. The van der Waals surface area contributed by atoms with Crippen LogP contribution in [0.15, 0.2) is 84.9 Å². The highest BCUT2D eigenvalue weighted by atomic mass is 16.1. The van der Waals surface area contributed by atoms with Gasteiger partial charge in [0.15, 0.2) is 0 Å². The van der Waals surface area contributed by atoms with Gasteiger partial charge in [-0.05, 0) is 41.3 Å². The smallest absolute Gasteiger partial charge is 0.246 e. The molecule has 5 heteroatoms. The zero-order chi connectivity index (χ0) is 24.3. The van der Waals surface area contributed by atoms with Crippen LogP contribution in [0.3, 0.4) is 0 Å². The lowest BCUT2D eigenvalue weighted by molar-refractivity contribution is -0.120. The van der Waals surface area contributed by atoms with Gasteiger partial charge in [-0.3, -0.25) is 9.80 Å². The molecule has 34 heavy (non-hydrogen) atoms. The monoisotopic (exact) mass is 456 g/mol. The van der Waals surface area contributed by atoms with Gasteiger partial charge in [-0.1, -0.05) is 93.6 Å². The summed E-state index contributed by atoms with van der Waals surface area (Å²) in [6.45, 7) is 9.13. The number of nitrogens with zero attached hydrogens (tertiary/aromatic N) is 3. The van der Waals surface area contributed by atoms with Crippen molar-refractivity contribution in [3.63, 3.8) is 0 Å². The van der Waals surface area contributed by atoms with E-state index in [1.54, 1.807) is 0 Å². The van der Waals surface area contributed by atoms with Crippen molar-refractivity contribution >= 4 is 11.6 Å². The molecule has 2 N–H and O–H groups in total. The maximum Gasteiger partial charge on any atom is 0.246 e. The summed E-state index contributed by atoms with van der Waals surface area (Å²) in [7, 11) is 2.15. The van der Waals surface area contributed by atoms with Crippen LogP contribution in [0.25, 0.3) is 0 Å². The van der Waals surface area contributed by atoms with Gasteiger partial charge in [0.1, 0.15) is 6.04 Å². The predicted molar refractivity (Wildman–Crippen MR) is 139 cm³/mol. The molecule has 178 valence electrons. The second-order valence-corrected chi connectivity index (χ2v) is 10.2. The largest absolute Gasteiger partial charge is 0.368 e. The highest BCUT2D eigenvalue weighted by molar-refractivity contribution is 5.85. The molecule has 2 atom stereocenters. The average Bonchev–Trinajstić information content (AvgIpc) is 2.83. The maximum atomic E-state index is 13.1. The van der Waals surface area contributed by atoms with Gasteiger partial charge < -0.3 is 10.6 Å². The molecule has 1 aliphatic heterocycles. The Bertz CT molecular complexity index is 1080. The normalized spacial score (nSPS) is 18.4. The zero-order valence-electron chi connectivity index (χ0n) is 20.7. The summed E-state index contributed by atoms with van der Waals surface area (Å²) in [6.07, 6.45) is 0. The van der Waals surface area contributed by atoms with Crippen LogP contribution in [0.5, 0.6) is 0 Å². The van der Waals surface area contributed by atoms with Gasteiger partial charge in [0.25, 0.3) is 0 Å². The molecule has 0 spiro atoms. The number of nitrogens with two attached hydrogens (primary N) is 1. The number of hydrogen-bond acceptors (Lipinski definition) is 4. The Labute approximate surface area is 203 Å². The van der Waals surface area contributed by atoms with Gasteiger partial charge in [-0.15, -0.1) is 0 Å². The highest BCUT2D eigenvalue weighted by Gasteiger charge is 2.37. The topological polar surface area (TPSA) is 52.8 Å². The molecule has 0 aromatic heterocycles. The Balaban J connectivity index is 1.82. The highest BCUT2D eigenvalue weighted by Crippen LogP contribution is 2.36. The Kier molecular flexibility index (Phi) is 7.05. The third-order valence-electron chi connectivity index (χ3n) is 6.64. The number of anilines is 1. The number of piperazine rings is 1. The molecule has 0 radical (unpaired) electrons. The lowest BCUT2D eigenvalue weighted by Gasteiger charge is -2.49. The summed E-state index contributed by atoms with van der Waals surface area (Å²) in [6, 6.07) is 28.5. The molecule has 3 aromatic rings. The lowest BCUT2D eigenvalue weighted by Crippen LogP contribution is -2.57. The van der Waals surface area contributed by atoms with Crippen LogP contribution in [0.4, 0.5) is 5.69 Å². The Morgan fingerprint density at radius 3 is 2.06 bits per heavy atom. The molecule has 1 amide bonds. The van der Waals surface area contributed by atoms with Crippen LogP contribution in [-0.4, -0.2) is 42.5 Å². The van der Waals surface area contributed by atoms with Crippen LogP contribution in [0, 0.1) is 0 Å². The first kappa shape index (κ1) is 24.0. The van der Waals surface area contributed by atoms with E-state index in [4.69, 9.17) is 5.73 Å². The van der Waals surface area contributed by atoms with Crippen molar-refractivity contribution in [1.29, 1.82) is 0 Å². The standard InChI is InChI=1S/C29H36N4O/c1-29(2,3)24-17-15-23(16-18-24)27(28(30)34)33(25-13-9-6-10-14-25)32-20-19-31(4)21-26(32)22-11-7-5-8-12-22/h5-18,26-27H,19-21H2,1-4H3,(H2,30,34). The minimum atomic E-state index is -0.619. The summed E-state index contributed by atoms with van der Waals surface area (Å²) < 4.78 is 0. The summed E-state index contributed by atoms with van der Waals surface area (Å²) in [5.41, 5.74) is 10.5. The van der Waals surface area contributed by atoms with Crippen LogP contribution < -0.4 is 10.7 Å².